The molecule has 1 aromatic carbocycles. The van der Waals surface area contributed by atoms with Gasteiger partial charge in [-0.15, -0.1) is 11.3 Å². The molecule has 0 saturated carbocycles. The summed E-state index contributed by atoms with van der Waals surface area (Å²) in [6.45, 7) is 4.08. The Balaban J connectivity index is 2.01. The molecule has 1 aromatic heterocycles. The standard InChI is InChI=1S/C15H20N2OS/c1-2-18-13-6-3-5-12(9-13)15(10-16)17-11-14-7-4-8-19-14/h3-9,15,17H,2,10-11,16H2,1H3. The van der Waals surface area contributed by atoms with Crippen molar-refractivity contribution in [3.8, 4) is 5.75 Å². The smallest absolute Gasteiger partial charge is 0.119 e. The minimum Gasteiger partial charge on any atom is -0.494 e. The maximum Gasteiger partial charge on any atom is 0.119 e. The van der Waals surface area contributed by atoms with Gasteiger partial charge in [0.25, 0.3) is 0 Å². The number of hydrogen-bond acceptors (Lipinski definition) is 4. The minimum absolute atomic E-state index is 0.155. The van der Waals surface area contributed by atoms with E-state index in [0.29, 0.717) is 13.2 Å². The van der Waals surface area contributed by atoms with Crippen LogP contribution in [0.1, 0.15) is 23.4 Å². The van der Waals surface area contributed by atoms with E-state index >= 15 is 0 Å². The highest BCUT2D eigenvalue weighted by Crippen LogP contribution is 2.20. The molecular weight excluding hydrogens is 256 g/mol. The highest BCUT2D eigenvalue weighted by atomic mass is 32.1. The first-order valence-electron chi connectivity index (χ1n) is 6.52. The Morgan fingerprint density at radius 3 is 2.89 bits per heavy atom. The molecule has 1 atom stereocenters. The van der Waals surface area contributed by atoms with Gasteiger partial charge < -0.3 is 15.8 Å². The summed E-state index contributed by atoms with van der Waals surface area (Å²) in [5.74, 6) is 0.899. The van der Waals surface area contributed by atoms with E-state index in [1.807, 2.05) is 19.1 Å². The van der Waals surface area contributed by atoms with E-state index in [0.717, 1.165) is 12.3 Å². The Labute approximate surface area is 118 Å². The predicted octanol–water partition coefficient (Wildman–Crippen LogP) is 2.94. The number of nitrogens with one attached hydrogen (secondary N) is 1. The fourth-order valence-electron chi connectivity index (χ4n) is 1.96. The molecule has 0 saturated heterocycles. The fourth-order valence-corrected chi connectivity index (χ4v) is 2.62. The van der Waals surface area contributed by atoms with Gasteiger partial charge >= 0.3 is 0 Å². The molecule has 4 heteroatoms. The number of hydrogen-bond donors (Lipinski definition) is 2. The molecule has 0 aliphatic carbocycles. The second-order valence-electron chi connectivity index (χ2n) is 4.25. The van der Waals surface area contributed by atoms with E-state index in [-0.39, 0.29) is 6.04 Å². The molecule has 1 heterocycles. The molecule has 102 valence electrons. The zero-order chi connectivity index (χ0) is 13.5. The minimum atomic E-state index is 0.155. The van der Waals surface area contributed by atoms with Crippen molar-refractivity contribution in [2.75, 3.05) is 13.2 Å². The molecule has 0 fully saturated rings. The summed E-state index contributed by atoms with van der Waals surface area (Å²) in [5.41, 5.74) is 7.04. The maximum absolute atomic E-state index is 5.87. The second kappa shape index (κ2) is 7.28. The normalized spacial score (nSPS) is 12.3. The molecule has 0 aliphatic rings. The van der Waals surface area contributed by atoms with Gasteiger partial charge in [0.05, 0.1) is 6.61 Å². The zero-order valence-electron chi connectivity index (χ0n) is 11.1. The van der Waals surface area contributed by atoms with Gasteiger partial charge in [-0.1, -0.05) is 18.2 Å². The number of ether oxygens (including phenoxy) is 1. The monoisotopic (exact) mass is 276 g/mol. The molecule has 19 heavy (non-hydrogen) atoms. The van der Waals surface area contributed by atoms with Crippen molar-refractivity contribution >= 4 is 11.3 Å². The van der Waals surface area contributed by atoms with E-state index in [1.54, 1.807) is 11.3 Å². The summed E-state index contributed by atoms with van der Waals surface area (Å²) in [6, 6.07) is 12.5. The quantitative estimate of drug-likeness (QED) is 0.817. The van der Waals surface area contributed by atoms with Crippen molar-refractivity contribution in [3.63, 3.8) is 0 Å². The molecule has 0 aliphatic heterocycles. The lowest BCUT2D eigenvalue weighted by molar-refractivity contribution is 0.339. The number of rotatable bonds is 7. The first kappa shape index (κ1) is 14.1. The van der Waals surface area contributed by atoms with Gasteiger partial charge in [-0.25, -0.2) is 0 Å². The van der Waals surface area contributed by atoms with Crippen LogP contribution in [0.4, 0.5) is 0 Å². The first-order valence-corrected chi connectivity index (χ1v) is 7.40. The van der Waals surface area contributed by atoms with Gasteiger partial charge in [-0.2, -0.15) is 0 Å². The van der Waals surface area contributed by atoms with Gasteiger partial charge in [-0.3, -0.25) is 0 Å². The van der Waals surface area contributed by atoms with Crippen LogP contribution in [0.3, 0.4) is 0 Å². The Bertz CT molecular complexity index is 485. The average Bonchev–Trinajstić information content (AvgIpc) is 2.94. The van der Waals surface area contributed by atoms with Gasteiger partial charge in [0.2, 0.25) is 0 Å². The Kier molecular flexibility index (Phi) is 5.39. The number of benzene rings is 1. The first-order chi connectivity index (χ1) is 9.33. The van der Waals surface area contributed by atoms with E-state index in [1.165, 1.54) is 10.4 Å². The zero-order valence-corrected chi connectivity index (χ0v) is 12.0. The van der Waals surface area contributed by atoms with Crippen molar-refractivity contribution < 1.29 is 4.74 Å². The van der Waals surface area contributed by atoms with E-state index in [9.17, 15) is 0 Å². The summed E-state index contributed by atoms with van der Waals surface area (Å²) in [4.78, 5) is 1.32. The Morgan fingerprint density at radius 1 is 1.32 bits per heavy atom. The van der Waals surface area contributed by atoms with Crippen LogP contribution in [0.5, 0.6) is 5.75 Å². The Morgan fingerprint density at radius 2 is 2.21 bits per heavy atom. The largest absolute Gasteiger partial charge is 0.494 e. The van der Waals surface area contributed by atoms with Gasteiger partial charge in [0, 0.05) is 24.0 Å². The van der Waals surface area contributed by atoms with Crippen LogP contribution < -0.4 is 15.8 Å². The lowest BCUT2D eigenvalue weighted by Gasteiger charge is -2.17. The summed E-state index contributed by atoms with van der Waals surface area (Å²) in [7, 11) is 0. The SMILES string of the molecule is CCOc1cccc(C(CN)NCc2cccs2)c1. The average molecular weight is 276 g/mol. The lowest BCUT2D eigenvalue weighted by Crippen LogP contribution is -2.27. The number of nitrogens with two attached hydrogens (primary N) is 1. The van der Waals surface area contributed by atoms with Crippen LogP contribution in [-0.2, 0) is 6.54 Å². The van der Waals surface area contributed by atoms with E-state index in [4.69, 9.17) is 10.5 Å². The van der Waals surface area contributed by atoms with Crippen molar-refractivity contribution in [1.29, 1.82) is 0 Å². The molecule has 0 spiro atoms. The van der Waals surface area contributed by atoms with Crippen LogP contribution in [0, 0.1) is 0 Å². The molecule has 3 N–H and O–H groups in total. The van der Waals surface area contributed by atoms with Gasteiger partial charge in [0.1, 0.15) is 5.75 Å². The van der Waals surface area contributed by atoms with Crippen molar-refractivity contribution in [3.05, 3.63) is 52.2 Å². The van der Waals surface area contributed by atoms with E-state index < -0.39 is 0 Å². The highest BCUT2D eigenvalue weighted by molar-refractivity contribution is 7.09. The molecule has 2 rings (SSSR count). The predicted molar refractivity (Wildman–Crippen MR) is 80.6 cm³/mol. The maximum atomic E-state index is 5.87. The van der Waals surface area contributed by atoms with Crippen LogP contribution in [0.15, 0.2) is 41.8 Å². The topological polar surface area (TPSA) is 47.3 Å². The van der Waals surface area contributed by atoms with Gasteiger partial charge in [-0.05, 0) is 36.1 Å². The molecule has 1 unspecified atom stereocenters. The lowest BCUT2D eigenvalue weighted by atomic mass is 10.1. The van der Waals surface area contributed by atoms with Gasteiger partial charge in [0.15, 0.2) is 0 Å². The molecular formula is C15H20N2OS. The second-order valence-corrected chi connectivity index (χ2v) is 5.29. The van der Waals surface area contributed by atoms with E-state index in [2.05, 4.69) is 35.0 Å². The molecule has 2 aromatic rings. The summed E-state index contributed by atoms with van der Waals surface area (Å²) < 4.78 is 5.53. The molecule has 3 nitrogen and oxygen atoms in total. The fraction of sp³-hybridized carbons (Fsp3) is 0.333. The molecule has 0 amide bonds. The molecule has 0 radical (unpaired) electrons. The summed E-state index contributed by atoms with van der Waals surface area (Å²) in [6.07, 6.45) is 0. The van der Waals surface area contributed by atoms with Crippen molar-refractivity contribution in [2.24, 2.45) is 5.73 Å². The third-order valence-electron chi connectivity index (χ3n) is 2.91. The van der Waals surface area contributed by atoms with Crippen molar-refractivity contribution in [2.45, 2.75) is 19.5 Å². The highest BCUT2D eigenvalue weighted by Gasteiger charge is 2.10. The van der Waals surface area contributed by atoms with Crippen LogP contribution >= 0.6 is 11.3 Å². The number of thiophene rings is 1. The third-order valence-corrected chi connectivity index (χ3v) is 3.79. The summed E-state index contributed by atoms with van der Waals surface area (Å²) >= 11 is 1.75. The van der Waals surface area contributed by atoms with Crippen LogP contribution in [-0.4, -0.2) is 13.2 Å². The van der Waals surface area contributed by atoms with Crippen LogP contribution in [0.25, 0.3) is 0 Å². The van der Waals surface area contributed by atoms with Crippen molar-refractivity contribution in [1.82, 2.24) is 5.32 Å². The summed E-state index contributed by atoms with van der Waals surface area (Å²) in [5, 5.41) is 5.57. The third kappa shape index (κ3) is 4.06. The Hall–Kier alpha value is -1.36. The van der Waals surface area contributed by atoms with Crippen LogP contribution in [0.2, 0.25) is 0 Å². The molecule has 0 bridgehead atoms.